The van der Waals surface area contributed by atoms with Crippen LogP contribution in [0.1, 0.15) is 5.56 Å². The van der Waals surface area contributed by atoms with Crippen LogP contribution < -0.4 is 20.7 Å². The maximum atomic E-state index is 12.1. The van der Waals surface area contributed by atoms with Gasteiger partial charge in [-0.1, -0.05) is 0 Å². The van der Waals surface area contributed by atoms with Crippen LogP contribution in [-0.4, -0.2) is 31.4 Å². The van der Waals surface area contributed by atoms with Crippen molar-refractivity contribution in [1.29, 1.82) is 0 Å². The Labute approximate surface area is 143 Å². The molecule has 134 valence electrons. The summed E-state index contributed by atoms with van der Waals surface area (Å²) in [5.41, 5.74) is 7.22. The molecule has 0 amide bonds. The lowest BCUT2D eigenvalue weighted by atomic mass is 10.2. The number of aliphatic imine (C=N–C) groups is 1. The highest BCUT2D eigenvalue weighted by Gasteiger charge is 2.30. The van der Waals surface area contributed by atoms with Gasteiger partial charge in [0.1, 0.15) is 11.6 Å². The number of hydrogen-bond donors (Lipinski definition) is 2. The quantitative estimate of drug-likeness (QED) is 0.638. The molecule has 0 bridgehead atoms. The van der Waals surface area contributed by atoms with Crippen LogP contribution >= 0.6 is 0 Å². The van der Waals surface area contributed by atoms with Crippen molar-refractivity contribution in [2.75, 3.05) is 24.3 Å². The summed E-state index contributed by atoms with van der Waals surface area (Å²) in [5.74, 6) is 0.647. The van der Waals surface area contributed by atoms with E-state index in [9.17, 15) is 13.2 Å². The van der Waals surface area contributed by atoms with Gasteiger partial charge in [-0.05, 0) is 42.0 Å². The number of aromatic nitrogens is 1. The summed E-state index contributed by atoms with van der Waals surface area (Å²) in [5, 5.41) is 2.80. The number of alkyl halides is 3. The van der Waals surface area contributed by atoms with Crippen LogP contribution in [0.2, 0.25) is 0 Å². The minimum atomic E-state index is -4.72. The molecule has 0 aliphatic carbocycles. The third kappa shape index (κ3) is 6.21. The number of ether oxygens (including phenoxy) is 1. The van der Waals surface area contributed by atoms with E-state index in [4.69, 9.17) is 5.73 Å². The molecule has 2 aromatic rings. The highest BCUT2D eigenvalue weighted by atomic mass is 19.4. The van der Waals surface area contributed by atoms with Gasteiger partial charge in [0, 0.05) is 26.0 Å². The predicted molar refractivity (Wildman–Crippen MR) is 90.6 cm³/mol. The number of nitrogens with two attached hydrogens (primary N) is 1. The smallest absolute Gasteiger partial charge is 0.406 e. The Morgan fingerprint density at radius 2 is 1.92 bits per heavy atom. The summed E-state index contributed by atoms with van der Waals surface area (Å²) in [6.07, 6.45) is -3.03. The number of benzene rings is 1. The molecule has 0 unspecified atom stereocenters. The molecule has 1 heterocycles. The molecule has 2 rings (SSSR count). The van der Waals surface area contributed by atoms with Crippen molar-refractivity contribution in [3.05, 3.63) is 48.2 Å². The zero-order chi connectivity index (χ0) is 18.4. The number of pyridine rings is 1. The van der Waals surface area contributed by atoms with Gasteiger partial charge in [-0.2, -0.15) is 0 Å². The molecule has 6 nitrogen and oxygen atoms in total. The van der Waals surface area contributed by atoms with E-state index in [2.05, 4.69) is 20.0 Å². The van der Waals surface area contributed by atoms with Gasteiger partial charge in [0.25, 0.3) is 0 Å². The molecule has 0 radical (unpaired) electrons. The lowest BCUT2D eigenvalue weighted by Gasteiger charge is -2.12. The molecule has 0 saturated heterocycles. The lowest BCUT2D eigenvalue weighted by molar-refractivity contribution is -0.274. The SMILES string of the molecule is CN(C)c1cc(CN=C(N)Nc2ccc(OC(F)(F)F)cc2)ccn1. The van der Waals surface area contributed by atoms with Gasteiger partial charge in [0.05, 0.1) is 6.54 Å². The molecule has 1 aromatic heterocycles. The zero-order valence-electron chi connectivity index (χ0n) is 13.7. The van der Waals surface area contributed by atoms with E-state index in [1.54, 1.807) is 6.20 Å². The first-order chi connectivity index (χ1) is 11.7. The Morgan fingerprint density at radius 1 is 1.24 bits per heavy atom. The first-order valence-corrected chi connectivity index (χ1v) is 7.28. The lowest BCUT2D eigenvalue weighted by Crippen LogP contribution is -2.22. The Kier molecular flexibility index (Phi) is 5.68. The molecule has 0 aliphatic rings. The fourth-order valence-electron chi connectivity index (χ4n) is 1.91. The minimum Gasteiger partial charge on any atom is -0.406 e. The zero-order valence-corrected chi connectivity index (χ0v) is 13.7. The number of rotatable bonds is 5. The number of halogens is 3. The first kappa shape index (κ1) is 18.4. The van der Waals surface area contributed by atoms with Gasteiger partial charge in [-0.3, -0.25) is 0 Å². The van der Waals surface area contributed by atoms with Crippen LogP contribution in [0.15, 0.2) is 47.6 Å². The van der Waals surface area contributed by atoms with E-state index in [0.29, 0.717) is 12.2 Å². The summed E-state index contributed by atoms with van der Waals surface area (Å²) in [7, 11) is 3.77. The van der Waals surface area contributed by atoms with E-state index in [0.717, 1.165) is 11.4 Å². The standard InChI is InChI=1S/C16H18F3N5O/c1-24(2)14-9-11(7-8-21-14)10-22-15(20)23-12-3-5-13(6-4-12)25-16(17,18)19/h3-9H,10H2,1-2H3,(H3,20,22,23). The molecule has 25 heavy (non-hydrogen) atoms. The van der Waals surface area contributed by atoms with Crippen LogP contribution in [0.4, 0.5) is 24.7 Å². The van der Waals surface area contributed by atoms with Gasteiger partial charge in [-0.15, -0.1) is 13.2 Å². The van der Waals surface area contributed by atoms with Gasteiger partial charge in [0.15, 0.2) is 5.96 Å². The molecule has 0 spiro atoms. The number of guanidine groups is 1. The first-order valence-electron chi connectivity index (χ1n) is 7.28. The maximum Gasteiger partial charge on any atom is 0.573 e. The van der Waals surface area contributed by atoms with Crippen LogP contribution in [0.5, 0.6) is 5.75 Å². The largest absolute Gasteiger partial charge is 0.573 e. The van der Waals surface area contributed by atoms with Gasteiger partial charge in [0.2, 0.25) is 0 Å². The third-order valence-electron chi connectivity index (χ3n) is 3.06. The van der Waals surface area contributed by atoms with E-state index in [1.165, 1.54) is 24.3 Å². The van der Waals surface area contributed by atoms with Crippen LogP contribution in [0.3, 0.4) is 0 Å². The number of nitrogens with zero attached hydrogens (tertiary/aromatic N) is 3. The van der Waals surface area contributed by atoms with E-state index in [1.807, 2.05) is 31.1 Å². The van der Waals surface area contributed by atoms with Crippen molar-refractivity contribution in [3.8, 4) is 5.75 Å². The fourth-order valence-corrected chi connectivity index (χ4v) is 1.91. The third-order valence-corrected chi connectivity index (χ3v) is 3.06. The second-order valence-electron chi connectivity index (χ2n) is 5.32. The highest BCUT2D eigenvalue weighted by Crippen LogP contribution is 2.23. The van der Waals surface area contributed by atoms with Crippen LogP contribution in [0.25, 0.3) is 0 Å². The molecule has 0 atom stereocenters. The Morgan fingerprint density at radius 3 is 2.52 bits per heavy atom. The van der Waals surface area contributed by atoms with Crippen molar-refractivity contribution in [2.24, 2.45) is 10.7 Å². The Bertz CT molecular complexity index is 729. The summed E-state index contributed by atoms with van der Waals surface area (Å²) >= 11 is 0. The van der Waals surface area contributed by atoms with Crippen molar-refractivity contribution in [1.82, 2.24) is 4.98 Å². The molecular formula is C16H18F3N5O. The topological polar surface area (TPSA) is 75.8 Å². The van der Waals surface area contributed by atoms with E-state index >= 15 is 0 Å². The van der Waals surface area contributed by atoms with E-state index in [-0.39, 0.29) is 11.7 Å². The Hall–Kier alpha value is -2.97. The molecule has 3 N–H and O–H groups in total. The van der Waals surface area contributed by atoms with Crippen LogP contribution in [-0.2, 0) is 6.54 Å². The summed E-state index contributed by atoms with van der Waals surface area (Å²) in [6, 6.07) is 8.93. The van der Waals surface area contributed by atoms with Crippen molar-refractivity contribution >= 4 is 17.5 Å². The molecule has 9 heteroatoms. The molecule has 0 saturated carbocycles. The second-order valence-corrected chi connectivity index (χ2v) is 5.32. The summed E-state index contributed by atoms with van der Waals surface area (Å²) in [6.45, 7) is 0.345. The Balaban J connectivity index is 1.96. The monoisotopic (exact) mass is 353 g/mol. The number of anilines is 2. The van der Waals surface area contributed by atoms with Gasteiger partial charge < -0.3 is 20.7 Å². The highest BCUT2D eigenvalue weighted by molar-refractivity contribution is 5.92. The number of nitrogens with one attached hydrogen (secondary N) is 1. The summed E-state index contributed by atoms with van der Waals surface area (Å²) < 4.78 is 40.1. The number of hydrogen-bond acceptors (Lipinski definition) is 4. The molecule has 0 aliphatic heterocycles. The summed E-state index contributed by atoms with van der Waals surface area (Å²) in [4.78, 5) is 10.3. The minimum absolute atomic E-state index is 0.146. The van der Waals surface area contributed by atoms with Crippen molar-refractivity contribution in [3.63, 3.8) is 0 Å². The average molecular weight is 353 g/mol. The van der Waals surface area contributed by atoms with Crippen molar-refractivity contribution in [2.45, 2.75) is 12.9 Å². The maximum absolute atomic E-state index is 12.1. The van der Waals surface area contributed by atoms with E-state index < -0.39 is 6.36 Å². The normalized spacial score (nSPS) is 12.0. The fraction of sp³-hybridized carbons (Fsp3) is 0.250. The van der Waals surface area contributed by atoms with Crippen LogP contribution in [0, 0.1) is 0 Å². The predicted octanol–water partition coefficient (Wildman–Crippen LogP) is 2.97. The molecule has 0 fully saturated rings. The van der Waals surface area contributed by atoms with Gasteiger partial charge >= 0.3 is 6.36 Å². The molecular weight excluding hydrogens is 335 g/mol. The van der Waals surface area contributed by atoms with Gasteiger partial charge in [-0.25, -0.2) is 9.98 Å². The average Bonchev–Trinajstić information content (AvgIpc) is 2.54. The molecule has 1 aromatic carbocycles. The second kappa shape index (κ2) is 7.73. The van der Waals surface area contributed by atoms with Crippen molar-refractivity contribution < 1.29 is 17.9 Å².